The minimum Gasteiger partial charge on any atom is -0.488 e. The normalized spacial score (nSPS) is 16.6. The van der Waals surface area contributed by atoms with Crippen LogP contribution >= 0.6 is 12.4 Å². The molecule has 0 radical (unpaired) electrons. The first-order chi connectivity index (χ1) is 11.4. The van der Waals surface area contributed by atoms with Gasteiger partial charge in [0.25, 0.3) is 5.89 Å². The van der Waals surface area contributed by atoms with E-state index in [2.05, 4.69) is 20.4 Å². The summed E-state index contributed by atoms with van der Waals surface area (Å²) in [5.74, 6) is 1.77. The first kappa shape index (κ1) is 16.4. The van der Waals surface area contributed by atoms with Gasteiger partial charge in [-0.05, 0) is 37.2 Å². The van der Waals surface area contributed by atoms with E-state index in [1.54, 1.807) is 12.4 Å². The molecule has 1 aliphatic rings. The van der Waals surface area contributed by atoms with Crippen LogP contribution < -0.4 is 10.1 Å². The molecule has 1 N–H and O–H groups in total. The number of ether oxygens (including phenoxy) is 1. The number of aromatic nitrogens is 3. The summed E-state index contributed by atoms with van der Waals surface area (Å²) in [5, 5.41) is 7.35. The Labute approximate surface area is 145 Å². The van der Waals surface area contributed by atoms with Crippen LogP contribution in [0, 0.1) is 0 Å². The second kappa shape index (κ2) is 7.42. The number of nitrogens with one attached hydrogen (secondary N) is 1. The number of para-hydroxylation sites is 1. The maximum absolute atomic E-state index is 6.08. The van der Waals surface area contributed by atoms with Crippen molar-refractivity contribution in [3.63, 3.8) is 0 Å². The molecule has 0 saturated carbocycles. The Kier molecular flexibility index (Phi) is 5.08. The van der Waals surface area contributed by atoms with Crippen LogP contribution in [0.1, 0.15) is 6.42 Å². The van der Waals surface area contributed by atoms with E-state index in [-0.39, 0.29) is 18.5 Å². The highest BCUT2D eigenvalue weighted by Crippen LogP contribution is 2.31. The fourth-order valence-corrected chi connectivity index (χ4v) is 2.61. The lowest BCUT2D eigenvalue weighted by Gasteiger charge is -2.14. The van der Waals surface area contributed by atoms with E-state index in [1.807, 2.05) is 36.4 Å². The van der Waals surface area contributed by atoms with Crippen LogP contribution in [0.2, 0.25) is 0 Å². The number of benzene rings is 1. The minimum atomic E-state index is 0. The number of hydrogen-bond acceptors (Lipinski definition) is 6. The summed E-state index contributed by atoms with van der Waals surface area (Å²) in [6.45, 7) is 1.85. The first-order valence-corrected chi connectivity index (χ1v) is 7.61. The van der Waals surface area contributed by atoms with Crippen molar-refractivity contribution >= 4 is 12.4 Å². The lowest BCUT2D eigenvalue weighted by Crippen LogP contribution is -2.19. The fourth-order valence-electron chi connectivity index (χ4n) is 2.61. The second-order valence-corrected chi connectivity index (χ2v) is 5.39. The molecule has 7 heteroatoms. The molecule has 1 atom stereocenters. The molecule has 1 aliphatic heterocycles. The Morgan fingerprint density at radius 1 is 1.12 bits per heavy atom. The zero-order valence-electron chi connectivity index (χ0n) is 12.9. The third kappa shape index (κ3) is 3.39. The van der Waals surface area contributed by atoms with Crippen LogP contribution in [-0.4, -0.2) is 34.3 Å². The van der Waals surface area contributed by atoms with E-state index in [0.29, 0.717) is 11.7 Å². The predicted octanol–water partition coefficient (Wildman–Crippen LogP) is 2.96. The summed E-state index contributed by atoms with van der Waals surface area (Å²) in [6, 6.07) is 11.4. The van der Waals surface area contributed by atoms with Crippen molar-refractivity contribution in [1.82, 2.24) is 20.4 Å². The van der Waals surface area contributed by atoms with E-state index >= 15 is 0 Å². The van der Waals surface area contributed by atoms with Crippen LogP contribution in [0.25, 0.3) is 22.8 Å². The Hall–Kier alpha value is -2.44. The van der Waals surface area contributed by atoms with Crippen LogP contribution in [0.4, 0.5) is 0 Å². The molecule has 0 spiro atoms. The summed E-state index contributed by atoms with van der Waals surface area (Å²) in [5.41, 5.74) is 1.68. The maximum atomic E-state index is 6.08. The highest BCUT2D eigenvalue weighted by Gasteiger charge is 2.20. The standard InChI is InChI=1S/C17H16N4O2.ClH/c1-2-4-15(22-13-7-10-19-11-13)14(3-1)17-20-16(21-23-17)12-5-8-18-9-6-12;/h1-6,8-9,13,19H,7,10-11H2;1H. The van der Waals surface area contributed by atoms with Gasteiger partial charge in [0.15, 0.2) is 0 Å². The summed E-state index contributed by atoms with van der Waals surface area (Å²) >= 11 is 0. The van der Waals surface area contributed by atoms with Gasteiger partial charge < -0.3 is 14.6 Å². The number of hydrogen-bond donors (Lipinski definition) is 1. The van der Waals surface area contributed by atoms with E-state index in [1.165, 1.54) is 0 Å². The molecular weight excluding hydrogens is 328 g/mol. The summed E-state index contributed by atoms with van der Waals surface area (Å²) < 4.78 is 11.5. The number of halogens is 1. The third-order valence-corrected chi connectivity index (χ3v) is 3.79. The topological polar surface area (TPSA) is 73.1 Å². The van der Waals surface area contributed by atoms with E-state index in [0.717, 1.165) is 36.4 Å². The molecule has 3 aromatic rings. The van der Waals surface area contributed by atoms with Gasteiger partial charge in [-0.3, -0.25) is 4.98 Å². The molecule has 1 saturated heterocycles. The highest BCUT2D eigenvalue weighted by molar-refractivity contribution is 5.85. The van der Waals surface area contributed by atoms with Crippen molar-refractivity contribution in [1.29, 1.82) is 0 Å². The molecule has 24 heavy (non-hydrogen) atoms. The Morgan fingerprint density at radius 2 is 1.96 bits per heavy atom. The molecule has 1 aromatic carbocycles. The van der Waals surface area contributed by atoms with Gasteiger partial charge in [0, 0.05) is 24.5 Å². The number of pyridine rings is 1. The lowest BCUT2D eigenvalue weighted by atomic mass is 10.2. The fraction of sp³-hybridized carbons (Fsp3) is 0.235. The Balaban J connectivity index is 0.00000169. The molecule has 1 fully saturated rings. The van der Waals surface area contributed by atoms with Gasteiger partial charge in [0.1, 0.15) is 11.9 Å². The molecule has 6 nitrogen and oxygen atoms in total. The SMILES string of the molecule is Cl.c1ccc(-c2nc(-c3ccncc3)no2)c(OC2CCNC2)c1. The molecule has 0 aliphatic carbocycles. The third-order valence-electron chi connectivity index (χ3n) is 3.79. The minimum absolute atomic E-state index is 0. The monoisotopic (exact) mass is 344 g/mol. The van der Waals surface area contributed by atoms with Gasteiger partial charge in [-0.25, -0.2) is 0 Å². The molecule has 124 valence electrons. The smallest absolute Gasteiger partial charge is 0.262 e. The predicted molar refractivity (Wildman–Crippen MR) is 92.1 cm³/mol. The van der Waals surface area contributed by atoms with Crippen molar-refractivity contribution in [3.05, 3.63) is 48.8 Å². The summed E-state index contributed by atoms with van der Waals surface area (Å²) in [7, 11) is 0. The lowest BCUT2D eigenvalue weighted by molar-refractivity contribution is 0.223. The second-order valence-electron chi connectivity index (χ2n) is 5.39. The van der Waals surface area contributed by atoms with Crippen LogP contribution in [0.5, 0.6) is 5.75 Å². The van der Waals surface area contributed by atoms with Crippen LogP contribution in [-0.2, 0) is 0 Å². The molecule has 4 rings (SSSR count). The quantitative estimate of drug-likeness (QED) is 0.784. The van der Waals surface area contributed by atoms with Gasteiger partial charge >= 0.3 is 0 Å². The molecule has 2 aromatic heterocycles. The van der Waals surface area contributed by atoms with Gasteiger partial charge in [-0.2, -0.15) is 4.98 Å². The van der Waals surface area contributed by atoms with Gasteiger partial charge in [0.05, 0.1) is 5.56 Å². The molecule has 3 heterocycles. The van der Waals surface area contributed by atoms with Crippen LogP contribution in [0.3, 0.4) is 0 Å². The van der Waals surface area contributed by atoms with Crippen molar-refractivity contribution in [2.24, 2.45) is 0 Å². The van der Waals surface area contributed by atoms with Gasteiger partial charge in [-0.15, -0.1) is 12.4 Å². The van der Waals surface area contributed by atoms with Gasteiger partial charge in [0.2, 0.25) is 5.82 Å². The van der Waals surface area contributed by atoms with E-state index < -0.39 is 0 Å². The Bertz CT molecular complexity index is 788. The largest absolute Gasteiger partial charge is 0.488 e. The zero-order valence-corrected chi connectivity index (χ0v) is 13.7. The van der Waals surface area contributed by atoms with Crippen molar-refractivity contribution in [2.75, 3.05) is 13.1 Å². The molecule has 1 unspecified atom stereocenters. The van der Waals surface area contributed by atoms with Gasteiger partial charge in [-0.1, -0.05) is 17.3 Å². The first-order valence-electron chi connectivity index (χ1n) is 7.61. The zero-order chi connectivity index (χ0) is 15.5. The van der Waals surface area contributed by atoms with Crippen molar-refractivity contribution in [3.8, 4) is 28.6 Å². The van der Waals surface area contributed by atoms with E-state index in [9.17, 15) is 0 Å². The van der Waals surface area contributed by atoms with Crippen molar-refractivity contribution < 1.29 is 9.26 Å². The summed E-state index contributed by atoms with van der Waals surface area (Å²) in [4.78, 5) is 8.48. The van der Waals surface area contributed by atoms with Crippen molar-refractivity contribution in [2.45, 2.75) is 12.5 Å². The van der Waals surface area contributed by atoms with E-state index in [4.69, 9.17) is 9.26 Å². The molecular formula is C17H17ClN4O2. The average molecular weight is 345 g/mol. The van der Waals surface area contributed by atoms with Crippen LogP contribution in [0.15, 0.2) is 53.3 Å². The number of nitrogens with zero attached hydrogens (tertiary/aromatic N) is 3. The Morgan fingerprint density at radius 3 is 2.75 bits per heavy atom. The molecule has 0 bridgehead atoms. The maximum Gasteiger partial charge on any atom is 0.262 e. The summed E-state index contributed by atoms with van der Waals surface area (Å²) in [6.07, 6.45) is 4.59. The molecule has 0 amide bonds. The highest BCUT2D eigenvalue weighted by atomic mass is 35.5. The average Bonchev–Trinajstić information content (AvgIpc) is 3.28. The number of rotatable bonds is 4.